The molecule has 180 valence electrons. The molecule has 5 rings (SSSR count). The normalized spacial score (nSPS) is 15.9. The fourth-order valence-corrected chi connectivity index (χ4v) is 5.13. The van der Waals surface area contributed by atoms with Gasteiger partial charge in [0.1, 0.15) is 5.75 Å². The maximum Gasteiger partial charge on any atom is 0.256 e. The number of hydrogen-bond donors (Lipinski definition) is 1. The number of nitrogens with one attached hydrogen (secondary N) is 1. The highest BCUT2D eigenvalue weighted by Crippen LogP contribution is 2.28. The maximum absolute atomic E-state index is 13.5. The third kappa shape index (κ3) is 4.87. The van der Waals surface area contributed by atoms with Crippen LogP contribution in [0.5, 0.6) is 5.75 Å². The van der Waals surface area contributed by atoms with Crippen LogP contribution in [-0.4, -0.2) is 49.5 Å². The predicted molar refractivity (Wildman–Crippen MR) is 137 cm³/mol. The summed E-state index contributed by atoms with van der Waals surface area (Å²) in [4.78, 5) is 30.6. The van der Waals surface area contributed by atoms with E-state index in [-0.39, 0.29) is 17.9 Å². The Balaban J connectivity index is 1.24. The van der Waals surface area contributed by atoms with Crippen LogP contribution in [0.15, 0.2) is 72.8 Å². The largest absolute Gasteiger partial charge is 0.496 e. The molecule has 0 atom stereocenters. The Kier molecular flexibility index (Phi) is 6.70. The lowest BCUT2D eigenvalue weighted by Gasteiger charge is -2.36. The van der Waals surface area contributed by atoms with Gasteiger partial charge in [-0.15, -0.1) is 0 Å². The fourth-order valence-electron chi connectivity index (χ4n) is 5.13. The Morgan fingerprint density at radius 2 is 1.49 bits per heavy atom. The lowest BCUT2D eigenvalue weighted by Crippen LogP contribution is -2.45. The summed E-state index contributed by atoms with van der Waals surface area (Å²) in [7, 11) is 1.58. The van der Waals surface area contributed by atoms with Crippen LogP contribution in [0.3, 0.4) is 0 Å². The zero-order valence-electron chi connectivity index (χ0n) is 20.1. The van der Waals surface area contributed by atoms with Crippen molar-refractivity contribution < 1.29 is 14.3 Å². The smallest absolute Gasteiger partial charge is 0.256 e. The number of carbonyl (C=O) groups excluding carboxylic acids is 2. The SMILES string of the molecule is COc1ccccc1C(=O)NC1CCN(c2ccccc2C(=O)N2CCc3ccccc3C2)CC1. The summed E-state index contributed by atoms with van der Waals surface area (Å²) in [6, 6.07) is 23.7. The van der Waals surface area contributed by atoms with E-state index in [0.29, 0.717) is 17.9 Å². The molecule has 2 heterocycles. The zero-order valence-corrected chi connectivity index (χ0v) is 20.1. The number of nitrogens with zero attached hydrogens (tertiary/aromatic N) is 2. The molecular weight excluding hydrogens is 438 g/mol. The van der Waals surface area contributed by atoms with Crippen LogP contribution in [0, 0.1) is 0 Å². The molecule has 2 aliphatic rings. The molecule has 1 saturated heterocycles. The van der Waals surface area contributed by atoms with E-state index in [1.54, 1.807) is 19.2 Å². The lowest BCUT2D eigenvalue weighted by molar-refractivity contribution is 0.0735. The van der Waals surface area contributed by atoms with Crippen molar-refractivity contribution in [2.24, 2.45) is 0 Å². The Morgan fingerprint density at radius 1 is 0.829 bits per heavy atom. The van der Waals surface area contributed by atoms with Gasteiger partial charge in [0.15, 0.2) is 0 Å². The minimum absolute atomic E-state index is 0.0849. The standard InChI is InChI=1S/C29H31N3O3/c1-35-27-13-7-5-11-25(27)28(33)30-23-15-18-31(19-16-23)26-12-6-4-10-24(26)29(34)32-17-14-21-8-2-3-9-22(21)20-32/h2-13,23H,14-20H2,1H3,(H,30,33). The Morgan fingerprint density at radius 3 is 2.26 bits per heavy atom. The van der Waals surface area contributed by atoms with Gasteiger partial charge in [-0.1, -0.05) is 48.5 Å². The minimum atomic E-state index is -0.109. The maximum atomic E-state index is 13.5. The quantitative estimate of drug-likeness (QED) is 0.606. The van der Waals surface area contributed by atoms with Crippen LogP contribution in [0.1, 0.15) is 44.7 Å². The average molecular weight is 470 g/mol. The third-order valence-corrected chi connectivity index (χ3v) is 7.07. The number of amides is 2. The van der Waals surface area contributed by atoms with Crippen molar-refractivity contribution in [2.45, 2.75) is 31.8 Å². The summed E-state index contributed by atoms with van der Waals surface area (Å²) in [5.74, 6) is 0.554. The predicted octanol–water partition coefficient (Wildman–Crippen LogP) is 4.29. The van der Waals surface area contributed by atoms with Crippen molar-refractivity contribution in [3.8, 4) is 5.75 Å². The molecule has 0 aliphatic carbocycles. The number of carbonyl (C=O) groups is 2. The third-order valence-electron chi connectivity index (χ3n) is 7.07. The van der Waals surface area contributed by atoms with Crippen molar-refractivity contribution in [2.75, 3.05) is 31.6 Å². The number of methoxy groups -OCH3 is 1. The molecule has 6 heteroatoms. The van der Waals surface area contributed by atoms with Gasteiger partial charge >= 0.3 is 0 Å². The van der Waals surface area contributed by atoms with Crippen LogP contribution in [0.25, 0.3) is 0 Å². The molecule has 0 radical (unpaired) electrons. The molecule has 6 nitrogen and oxygen atoms in total. The fraction of sp³-hybridized carbons (Fsp3) is 0.310. The Hall–Kier alpha value is -3.80. The minimum Gasteiger partial charge on any atom is -0.496 e. The number of anilines is 1. The van der Waals surface area contributed by atoms with Crippen molar-refractivity contribution in [1.82, 2.24) is 10.2 Å². The van der Waals surface area contributed by atoms with Crippen LogP contribution in [0.4, 0.5) is 5.69 Å². The van der Waals surface area contributed by atoms with Crippen LogP contribution in [0.2, 0.25) is 0 Å². The summed E-state index contributed by atoms with van der Waals surface area (Å²) in [5.41, 5.74) is 4.85. The molecule has 0 spiro atoms. The number of ether oxygens (including phenoxy) is 1. The van der Waals surface area contributed by atoms with Gasteiger partial charge < -0.3 is 19.9 Å². The first kappa shape index (κ1) is 23.0. The van der Waals surface area contributed by atoms with Crippen molar-refractivity contribution >= 4 is 17.5 Å². The van der Waals surface area contributed by atoms with Crippen LogP contribution in [-0.2, 0) is 13.0 Å². The van der Waals surface area contributed by atoms with E-state index in [0.717, 1.165) is 50.1 Å². The summed E-state index contributed by atoms with van der Waals surface area (Å²) >= 11 is 0. The molecule has 0 aromatic heterocycles. The second-order valence-corrected chi connectivity index (χ2v) is 9.20. The Labute approximate surface area is 206 Å². The highest BCUT2D eigenvalue weighted by molar-refractivity contribution is 6.00. The molecule has 3 aromatic rings. The van der Waals surface area contributed by atoms with Gasteiger partial charge in [0.05, 0.1) is 18.2 Å². The average Bonchev–Trinajstić information content (AvgIpc) is 2.92. The zero-order chi connectivity index (χ0) is 24.2. The second kappa shape index (κ2) is 10.2. The van der Waals surface area contributed by atoms with Gasteiger partial charge in [-0.05, 0) is 54.7 Å². The molecule has 1 N–H and O–H groups in total. The molecule has 1 fully saturated rings. The molecule has 2 amide bonds. The second-order valence-electron chi connectivity index (χ2n) is 9.20. The first-order chi connectivity index (χ1) is 17.1. The first-order valence-electron chi connectivity index (χ1n) is 12.3. The summed E-state index contributed by atoms with van der Waals surface area (Å²) < 4.78 is 5.33. The molecule has 0 saturated carbocycles. The van der Waals surface area contributed by atoms with Gasteiger partial charge in [0, 0.05) is 37.9 Å². The van der Waals surface area contributed by atoms with Gasteiger partial charge in [0.25, 0.3) is 11.8 Å². The lowest BCUT2D eigenvalue weighted by atomic mass is 9.98. The van der Waals surface area contributed by atoms with E-state index in [1.807, 2.05) is 47.4 Å². The highest BCUT2D eigenvalue weighted by atomic mass is 16.5. The topological polar surface area (TPSA) is 61.9 Å². The van der Waals surface area contributed by atoms with E-state index < -0.39 is 0 Å². The molecule has 3 aromatic carbocycles. The number of rotatable bonds is 5. The van der Waals surface area contributed by atoms with Crippen molar-refractivity contribution in [3.63, 3.8) is 0 Å². The number of piperidine rings is 1. The van der Waals surface area contributed by atoms with Crippen LogP contribution >= 0.6 is 0 Å². The molecule has 2 aliphatic heterocycles. The van der Waals surface area contributed by atoms with E-state index in [9.17, 15) is 9.59 Å². The van der Waals surface area contributed by atoms with Crippen molar-refractivity contribution in [3.05, 3.63) is 95.1 Å². The van der Waals surface area contributed by atoms with Crippen LogP contribution < -0.4 is 15.0 Å². The summed E-state index contributed by atoms with van der Waals surface area (Å²) in [6.45, 7) is 2.95. The molecular formula is C29H31N3O3. The van der Waals surface area contributed by atoms with Crippen molar-refractivity contribution in [1.29, 1.82) is 0 Å². The number of hydrogen-bond acceptors (Lipinski definition) is 4. The molecule has 0 unspecified atom stereocenters. The monoisotopic (exact) mass is 469 g/mol. The van der Waals surface area contributed by atoms with E-state index in [2.05, 4.69) is 28.4 Å². The number of para-hydroxylation sites is 2. The molecule has 35 heavy (non-hydrogen) atoms. The first-order valence-corrected chi connectivity index (χ1v) is 12.3. The highest BCUT2D eigenvalue weighted by Gasteiger charge is 2.27. The van der Waals surface area contributed by atoms with Gasteiger partial charge in [-0.2, -0.15) is 0 Å². The number of fused-ring (bicyclic) bond motifs is 1. The number of benzene rings is 3. The van der Waals surface area contributed by atoms with Gasteiger partial charge in [-0.25, -0.2) is 0 Å². The van der Waals surface area contributed by atoms with E-state index in [4.69, 9.17) is 4.74 Å². The van der Waals surface area contributed by atoms with Gasteiger partial charge in [-0.3, -0.25) is 9.59 Å². The van der Waals surface area contributed by atoms with E-state index in [1.165, 1.54) is 11.1 Å². The van der Waals surface area contributed by atoms with Gasteiger partial charge in [0.2, 0.25) is 0 Å². The molecule has 0 bridgehead atoms. The summed E-state index contributed by atoms with van der Waals surface area (Å²) in [6.07, 6.45) is 2.53. The Bertz CT molecular complexity index is 1220. The van der Waals surface area contributed by atoms with E-state index >= 15 is 0 Å². The summed E-state index contributed by atoms with van der Waals surface area (Å²) in [5, 5.41) is 3.16.